The molecule has 0 spiro atoms. The molecule has 4 unspecified atom stereocenters. The van der Waals surface area contributed by atoms with E-state index in [2.05, 4.69) is 38.1 Å². The largest absolute Gasteiger partial charge is 2.00 e. The van der Waals surface area contributed by atoms with Crippen LogP contribution in [0.5, 0.6) is 0 Å². The molecule has 11 heteroatoms. The zero-order valence-electron chi connectivity index (χ0n) is 41.1. The van der Waals surface area contributed by atoms with E-state index in [0.717, 1.165) is 116 Å². The second-order valence-corrected chi connectivity index (χ2v) is 17.5. The molecule has 2 rings (SSSR count). The number of carbonyl (C=O) groups excluding carboxylic acids is 4. The molecule has 0 aliphatic heterocycles. The summed E-state index contributed by atoms with van der Waals surface area (Å²) >= 11 is 0. The molecule has 0 aromatic heterocycles. The predicted molar refractivity (Wildman–Crippen MR) is 258 cm³/mol. The summed E-state index contributed by atoms with van der Waals surface area (Å²) in [5.41, 5.74) is 2.37. The van der Waals surface area contributed by atoms with Crippen molar-refractivity contribution in [2.75, 3.05) is 0 Å². The molecular weight excluding hydrogens is 946 g/mol. The van der Waals surface area contributed by atoms with Crippen molar-refractivity contribution in [2.45, 2.75) is 245 Å². The van der Waals surface area contributed by atoms with Gasteiger partial charge in [-0.05, 0) is 101 Å². The average molecular weight is 1030 g/mol. The van der Waals surface area contributed by atoms with Crippen molar-refractivity contribution in [3.8, 4) is 0 Å². The van der Waals surface area contributed by atoms with Crippen LogP contribution in [-0.2, 0) is 51.3 Å². The van der Waals surface area contributed by atoms with Gasteiger partial charge in [-0.25, -0.2) is 0 Å². The van der Waals surface area contributed by atoms with Crippen molar-refractivity contribution in [1.29, 1.82) is 0 Å². The van der Waals surface area contributed by atoms with Gasteiger partial charge in [-0.2, -0.15) is 0 Å². The third kappa shape index (κ3) is 40.6. The fourth-order valence-corrected chi connectivity index (χ4v) is 8.02. The summed E-state index contributed by atoms with van der Waals surface area (Å²) in [4.78, 5) is 43.5. The van der Waals surface area contributed by atoms with E-state index in [-0.39, 0.29) is 98.1 Å². The minimum Gasteiger partial charge on any atom is -0.550 e. The first-order valence-corrected chi connectivity index (χ1v) is 25.1. The topological polar surface area (TPSA) is 151 Å². The number of carbonyl (C=O) groups is 4. The summed E-state index contributed by atoms with van der Waals surface area (Å²) in [6.07, 6.45) is 27.5. The Morgan fingerprint density at radius 2 is 0.692 bits per heavy atom. The van der Waals surface area contributed by atoms with Gasteiger partial charge in [0.25, 0.3) is 0 Å². The van der Waals surface area contributed by atoms with E-state index in [1.807, 2.05) is 36.4 Å². The smallest absolute Gasteiger partial charge is 0.550 e. The van der Waals surface area contributed by atoms with E-state index < -0.39 is 11.9 Å². The van der Waals surface area contributed by atoms with E-state index in [1.165, 1.54) is 63.5 Å². The molecule has 10 nitrogen and oxygen atoms in total. The number of esters is 2. The number of unbranched alkanes of at least 4 members (excludes halogenated alkanes) is 12. The van der Waals surface area contributed by atoms with E-state index >= 15 is 0 Å². The molecule has 0 aliphatic rings. The second-order valence-electron chi connectivity index (χ2n) is 17.5. The van der Waals surface area contributed by atoms with Crippen molar-refractivity contribution >= 4 is 72.8 Å². The molecule has 0 aliphatic carbocycles. The zero-order chi connectivity index (χ0) is 46.9. The number of carboxylic acids is 2. The number of carboxylic acid groups (broad SMARTS) is 2. The normalized spacial score (nSPS) is 12.7. The van der Waals surface area contributed by atoms with Crippen molar-refractivity contribution in [3.63, 3.8) is 0 Å². The van der Waals surface area contributed by atoms with Crippen LogP contribution in [0.1, 0.15) is 219 Å². The van der Waals surface area contributed by atoms with Crippen molar-refractivity contribution in [1.82, 2.24) is 0 Å². The number of benzene rings is 2. The van der Waals surface area contributed by atoms with E-state index in [1.54, 1.807) is 0 Å². The molecule has 0 saturated carbocycles. The Balaban J connectivity index is 0.00000124. The zero-order valence-corrected chi connectivity index (χ0v) is 45.5. The second kappa shape index (κ2) is 44.3. The van der Waals surface area contributed by atoms with Crippen molar-refractivity contribution < 1.29 is 48.3 Å². The quantitative estimate of drug-likeness (QED) is 0.0358. The molecule has 65 heavy (non-hydrogen) atoms. The van der Waals surface area contributed by atoms with Crippen LogP contribution >= 0.6 is 0 Å². The van der Waals surface area contributed by atoms with E-state index in [0.29, 0.717) is 26.1 Å². The first kappa shape index (κ1) is 62.8. The first-order chi connectivity index (χ1) is 31.0. The van der Waals surface area contributed by atoms with Crippen molar-refractivity contribution in [3.05, 3.63) is 71.8 Å². The monoisotopic (exact) mass is 1030 g/mol. The fourth-order valence-electron chi connectivity index (χ4n) is 8.02. The number of aliphatic carboxylic acids is 2. The van der Waals surface area contributed by atoms with Gasteiger partial charge < -0.3 is 38.7 Å². The van der Waals surface area contributed by atoms with Crippen LogP contribution in [0.25, 0.3) is 0 Å². The van der Waals surface area contributed by atoms with E-state index in [4.69, 9.17) is 18.9 Å². The molecule has 0 heterocycles. The Morgan fingerprint density at radius 3 is 0.969 bits per heavy atom. The van der Waals surface area contributed by atoms with Gasteiger partial charge in [-0.15, -0.1) is 0 Å². The first-order valence-electron chi connectivity index (χ1n) is 25.1. The van der Waals surface area contributed by atoms with Gasteiger partial charge in [0.2, 0.25) is 0 Å². The van der Waals surface area contributed by atoms with Gasteiger partial charge in [0.1, 0.15) is 12.2 Å². The Morgan fingerprint density at radius 1 is 0.415 bits per heavy atom. The Bertz CT molecular complexity index is 1320. The van der Waals surface area contributed by atoms with Crippen LogP contribution in [0, 0.1) is 0 Å². The fraction of sp³-hybridized carbons (Fsp3) is 0.704. The number of hydrogen-bond donors (Lipinski definition) is 0. The maximum absolute atomic E-state index is 11.2. The Hall–Kier alpha value is -2.19. The molecule has 0 radical (unpaired) electrons. The van der Waals surface area contributed by atoms with Gasteiger partial charge in [-0.1, -0.05) is 164 Å². The van der Waals surface area contributed by atoms with Crippen LogP contribution in [0.2, 0.25) is 0 Å². The van der Waals surface area contributed by atoms with Crippen LogP contribution in [0.15, 0.2) is 60.7 Å². The van der Waals surface area contributed by atoms with Gasteiger partial charge in [-0.3, -0.25) is 9.59 Å². The molecule has 4 atom stereocenters. The maximum atomic E-state index is 11.2. The minimum atomic E-state index is -0.962. The van der Waals surface area contributed by atoms with Gasteiger partial charge in [0.05, 0.1) is 25.4 Å². The van der Waals surface area contributed by atoms with Crippen LogP contribution in [0.4, 0.5) is 0 Å². The molecule has 0 N–H and O–H groups in total. The minimum absolute atomic E-state index is 0. The number of ether oxygens (including phenoxy) is 4. The summed E-state index contributed by atoms with van der Waals surface area (Å²) in [6, 6.07) is 20.5. The maximum Gasteiger partial charge on any atom is 2.00 e. The van der Waals surface area contributed by atoms with Crippen LogP contribution < -0.4 is 10.2 Å². The van der Waals surface area contributed by atoms with Gasteiger partial charge in [0.15, 0.2) is 0 Å². The number of hydrogen-bond acceptors (Lipinski definition) is 10. The average Bonchev–Trinajstić information content (AvgIpc) is 3.26. The van der Waals surface area contributed by atoms with Crippen molar-refractivity contribution in [2.24, 2.45) is 0 Å². The number of rotatable bonds is 40. The third-order valence-electron chi connectivity index (χ3n) is 11.5. The summed E-state index contributed by atoms with van der Waals surface area (Å²) in [5.74, 6) is -2.28. The van der Waals surface area contributed by atoms with Crippen LogP contribution in [0.3, 0.4) is 0 Å². The van der Waals surface area contributed by atoms with Gasteiger partial charge >= 0.3 is 60.8 Å². The third-order valence-corrected chi connectivity index (χ3v) is 11.5. The molecule has 0 bridgehead atoms. The Kier molecular flexibility index (Phi) is 42.8. The summed E-state index contributed by atoms with van der Waals surface area (Å²) in [5, 5.41) is 21.1. The predicted octanol–water partition coefficient (Wildman–Crippen LogP) is 11.1. The summed E-state index contributed by atoms with van der Waals surface area (Å²) in [6.45, 7) is 8.47. The summed E-state index contributed by atoms with van der Waals surface area (Å²) < 4.78 is 23.2. The molecule has 0 saturated heterocycles. The molecular formula is C54H86BaO10. The summed E-state index contributed by atoms with van der Waals surface area (Å²) in [7, 11) is 0. The van der Waals surface area contributed by atoms with E-state index in [9.17, 15) is 29.4 Å². The van der Waals surface area contributed by atoms with Gasteiger partial charge in [0, 0.05) is 25.8 Å². The molecule has 0 fully saturated rings. The SMILES string of the molecule is CCCC(CCCCCCCC(CCCCCC(=O)[O-])OCc1ccccc1)OC(C)=O.CCCC(CCCCCCCC(CCCCCC(=O)[O-])OCc1ccccc1)OC(C)=O.[Ba+2]. The molecule has 2 aromatic rings. The molecule has 2 aromatic carbocycles. The van der Waals surface area contributed by atoms with Crippen LogP contribution in [-0.4, -0.2) is 97.2 Å². The molecule has 0 amide bonds. The Labute approximate surface area is 434 Å². The standard InChI is InChI=1S/2C27H44O5.Ba/c2*1-3-15-26(32-23(2)28)20-12-6-4-5-11-18-25(19-13-8-14-21-27(29)30)31-22-24-16-9-7-10-17-24;/h2*7,9-10,16-17,25-26H,3-6,8,11-15,18-22H2,1-2H3,(H,29,30);/q;;+2/p-2. The molecule has 364 valence electrons.